The molecule has 0 aliphatic heterocycles. The molecule has 1 heterocycles. The molecule has 0 fully saturated rings. The van der Waals surface area contributed by atoms with Gasteiger partial charge >= 0.3 is 0 Å². The average Bonchev–Trinajstić information content (AvgIpc) is 2.89. The molecule has 108 valence electrons. The van der Waals surface area contributed by atoms with Gasteiger partial charge in [-0.1, -0.05) is 29.8 Å². The number of nitrogens with zero attached hydrogens (tertiary/aromatic N) is 1. The topological polar surface area (TPSA) is 64.1 Å². The zero-order valence-corrected chi connectivity index (χ0v) is 12.0. The Balaban J connectivity index is 2.05. The van der Waals surface area contributed by atoms with Gasteiger partial charge in [0.05, 0.1) is 10.7 Å². The number of benzene rings is 2. The van der Waals surface area contributed by atoms with E-state index in [0.29, 0.717) is 28.3 Å². The minimum Gasteiger partial charge on any atom is -0.420 e. The Kier molecular flexibility index (Phi) is 3.53. The van der Waals surface area contributed by atoms with Crippen LogP contribution < -0.4 is 11.1 Å². The Morgan fingerprint density at radius 2 is 2.14 bits per heavy atom. The van der Waals surface area contributed by atoms with Gasteiger partial charge in [0, 0.05) is 6.54 Å². The van der Waals surface area contributed by atoms with Gasteiger partial charge in [0.25, 0.3) is 6.01 Å². The van der Waals surface area contributed by atoms with Crippen LogP contribution in [0.1, 0.15) is 11.1 Å². The second-order valence-electron chi connectivity index (χ2n) is 4.67. The Morgan fingerprint density at radius 3 is 2.90 bits per heavy atom. The second kappa shape index (κ2) is 5.35. The maximum atomic E-state index is 14.0. The van der Waals surface area contributed by atoms with Gasteiger partial charge in [-0.05, 0) is 30.2 Å². The van der Waals surface area contributed by atoms with Crippen molar-refractivity contribution >= 4 is 34.4 Å². The van der Waals surface area contributed by atoms with Crippen LogP contribution in [-0.4, -0.2) is 4.98 Å². The number of aromatic nitrogens is 1. The average molecular weight is 306 g/mol. The van der Waals surface area contributed by atoms with Crippen molar-refractivity contribution in [1.29, 1.82) is 0 Å². The highest BCUT2D eigenvalue weighted by molar-refractivity contribution is 6.33. The number of halogens is 2. The Bertz CT molecular complexity index is 816. The molecule has 0 atom stereocenters. The van der Waals surface area contributed by atoms with Gasteiger partial charge in [-0.25, -0.2) is 4.39 Å². The van der Waals surface area contributed by atoms with Crippen molar-refractivity contribution in [3.63, 3.8) is 0 Å². The number of rotatable bonds is 3. The molecule has 0 bridgehead atoms. The van der Waals surface area contributed by atoms with Crippen LogP contribution in [0.3, 0.4) is 0 Å². The van der Waals surface area contributed by atoms with Crippen molar-refractivity contribution in [2.75, 3.05) is 5.32 Å². The second-order valence-corrected chi connectivity index (χ2v) is 5.07. The number of oxazole rings is 1. The summed E-state index contributed by atoms with van der Waals surface area (Å²) in [4.78, 5) is 4.21. The molecule has 3 rings (SSSR count). The molecule has 0 amide bonds. The zero-order valence-electron chi connectivity index (χ0n) is 11.3. The van der Waals surface area contributed by atoms with Gasteiger partial charge in [0.15, 0.2) is 11.4 Å². The van der Waals surface area contributed by atoms with Gasteiger partial charge < -0.3 is 15.5 Å². The van der Waals surface area contributed by atoms with Crippen molar-refractivity contribution in [3.05, 3.63) is 52.3 Å². The number of nitrogens with one attached hydrogen (secondary N) is 1. The van der Waals surface area contributed by atoms with E-state index in [4.69, 9.17) is 21.8 Å². The molecular formula is C15H13ClFN3O. The number of anilines is 2. The highest BCUT2D eigenvalue weighted by atomic mass is 35.5. The molecule has 2 aromatic carbocycles. The molecule has 0 radical (unpaired) electrons. The van der Waals surface area contributed by atoms with Crippen LogP contribution in [0.25, 0.3) is 11.1 Å². The predicted octanol–water partition coefficient (Wildman–Crippen LogP) is 4.13. The third-order valence-electron chi connectivity index (χ3n) is 3.24. The van der Waals surface area contributed by atoms with Gasteiger partial charge in [-0.15, -0.1) is 0 Å². The van der Waals surface area contributed by atoms with E-state index in [-0.39, 0.29) is 11.6 Å². The fraction of sp³-hybridized carbons (Fsp3) is 0.133. The Hall–Kier alpha value is -2.11. The first-order chi connectivity index (χ1) is 10.1. The van der Waals surface area contributed by atoms with E-state index in [1.165, 1.54) is 0 Å². The van der Waals surface area contributed by atoms with Crippen molar-refractivity contribution in [3.8, 4) is 0 Å². The van der Waals surface area contributed by atoms with Crippen LogP contribution in [-0.2, 0) is 6.54 Å². The maximum absolute atomic E-state index is 14.0. The van der Waals surface area contributed by atoms with Gasteiger partial charge in [0.1, 0.15) is 5.52 Å². The van der Waals surface area contributed by atoms with Crippen molar-refractivity contribution in [2.24, 2.45) is 5.73 Å². The van der Waals surface area contributed by atoms with Crippen LogP contribution in [0.4, 0.5) is 16.1 Å². The summed E-state index contributed by atoms with van der Waals surface area (Å²) < 4.78 is 19.4. The molecule has 0 spiro atoms. The number of nitrogens with two attached hydrogens (primary N) is 1. The summed E-state index contributed by atoms with van der Waals surface area (Å²) in [6.07, 6.45) is 0. The fourth-order valence-corrected chi connectivity index (χ4v) is 2.34. The van der Waals surface area contributed by atoms with Crippen molar-refractivity contribution in [2.45, 2.75) is 13.5 Å². The van der Waals surface area contributed by atoms with Crippen molar-refractivity contribution in [1.82, 2.24) is 4.98 Å². The molecule has 0 saturated carbocycles. The number of hydrogen-bond donors (Lipinski definition) is 2. The SMILES string of the molecule is Cc1ccc2nc(Nc3c(Cl)cccc3CN)oc2c1F. The molecule has 0 aliphatic rings. The summed E-state index contributed by atoms with van der Waals surface area (Å²) in [5.74, 6) is -0.411. The summed E-state index contributed by atoms with van der Waals surface area (Å²) in [6.45, 7) is 1.99. The predicted molar refractivity (Wildman–Crippen MR) is 81.3 cm³/mol. The van der Waals surface area contributed by atoms with E-state index < -0.39 is 5.82 Å². The number of fused-ring (bicyclic) bond motifs is 1. The smallest absolute Gasteiger partial charge is 0.300 e. The lowest BCUT2D eigenvalue weighted by molar-refractivity contribution is 0.561. The highest BCUT2D eigenvalue weighted by Crippen LogP contribution is 2.31. The first kappa shape index (κ1) is 13.9. The first-order valence-corrected chi connectivity index (χ1v) is 6.78. The van der Waals surface area contributed by atoms with Crippen LogP contribution in [0, 0.1) is 12.7 Å². The Labute approximate surface area is 125 Å². The zero-order chi connectivity index (χ0) is 15.0. The summed E-state index contributed by atoms with van der Waals surface area (Å²) in [7, 11) is 0. The molecule has 0 unspecified atom stereocenters. The first-order valence-electron chi connectivity index (χ1n) is 6.40. The minimum absolute atomic E-state index is 0.124. The van der Waals surface area contributed by atoms with Crippen LogP contribution in [0.5, 0.6) is 0 Å². The van der Waals surface area contributed by atoms with Gasteiger partial charge in [-0.3, -0.25) is 0 Å². The van der Waals surface area contributed by atoms with E-state index in [2.05, 4.69) is 10.3 Å². The number of hydrogen-bond acceptors (Lipinski definition) is 4. The molecule has 1 aromatic heterocycles. The lowest BCUT2D eigenvalue weighted by Gasteiger charge is -2.09. The molecule has 4 nitrogen and oxygen atoms in total. The highest BCUT2D eigenvalue weighted by Gasteiger charge is 2.14. The minimum atomic E-state index is -0.411. The van der Waals surface area contributed by atoms with Crippen LogP contribution >= 0.6 is 11.6 Å². The lowest BCUT2D eigenvalue weighted by atomic mass is 10.2. The molecule has 3 N–H and O–H groups in total. The van der Waals surface area contributed by atoms with Gasteiger partial charge in [-0.2, -0.15) is 4.98 Å². The molecule has 21 heavy (non-hydrogen) atoms. The third kappa shape index (κ3) is 2.46. The monoisotopic (exact) mass is 305 g/mol. The van der Waals surface area contributed by atoms with E-state index in [0.717, 1.165) is 5.56 Å². The van der Waals surface area contributed by atoms with E-state index >= 15 is 0 Å². The van der Waals surface area contributed by atoms with E-state index in [1.54, 1.807) is 25.1 Å². The third-order valence-corrected chi connectivity index (χ3v) is 3.56. The normalized spacial score (nSPS) is 11.0. The number of aryl methyl sites for hydroxylation is 1. The standard InChI is InChI=1S/C15H13ClFN3O/c1-8-5-6-11-14(12(8)17)21-15(19-11)20-13-9(7-18)3-2-4-10(13)16/h2-6H,7,18H2,1H3,(H,19,20). The summed E-state index contributed by atoms with van der Waals surface area (Å²) in [5.41, 5.74) is 8.19. The summed E-state index contributed by atoms with van der Waals surface area (Å²) in [5, 5.41) is 3.47. The molecule has 3 aromatic rings. The summed E-state index contributed by atoms with van der Waals surface area (Å²) >= 11 is 6.15. The van der Waals surface area contributed by atoms with Gasteiger partial charge in [0.2, 0.25) is 0 Å². The molecule has 6 heteroatoms. The van der Waals surface area contributed by atoms with Crippen LogP contribution in [0.2, 0.25) is 5.02 Å². The molecule has 0 aliphatic carbocycles. The molecular weight excluding hydrogens is 293 g/mol. The van der Waals surface area contributed by atoms with Crippen molar-refractivity contribution < 1.29 is 8.81 Å². The number of para-hydroxylation sites is 1. The quantitative estimate of drug-likeness (QED) is 0.763. The maximum Gasteiger partial charge on any atom is 0.300 e. The lowest BCUT2D eigenvalue weighted by Crippen LogP contribution is -2.02. The molecule has 0 saturated heterocycles. The Morgan fingerprint density at radius 1 is 1.33 bits per heavy atom. The van der Waals surface area contributed by atoms with Crippen LogP contribution in [0.15, 0.2) is 34.7 Å². The fourth-order valence-electron chi connectivity index (χ4n) is 2.10. The van der Waals surface area contributed by atoms with E-state index in [1.807, 2.05) is 12.1 Å². The largest absolute Gasteiger partial charge is 0.420 e. The van der Waals surface area contributed by atoms with E-state index in [9.17, 15) is 4.39 Å². The summed E-state index contributed by atoms with van der Waals surface area (Å²) in [6, 6.07) is 8.93.